The molecule has 1 atom stereocenters. The normalized spacial score (nSPS) is 19.7. The summed E-state index contributed by atoms with van der Waals surface area (Å²) in [5.74, 6) is 0.981. The van der Waals surface area contributed by atoms with Crippen LogP contribution < -0.4 is 14.9 Å². The number of nitrogens with one attached hydrogen (secondary N) is 3. The molecule has 1 aliphatic rings. The lowest BCUT2D eigenvalue weighted by atomic mass is 9.88. The van der Waals surface area contributed by atoms with Crippen molar-refractivity contribution in [2.45, 2.75) is 25.3 Å². The van der Waals surface area contributed by atoms with Gasteiger partial charge in [0.15, 0.2) is 18.1 Å². The lowest BCUT2D eigenvalue weighted by molar-refractivity contribution is -0.935. The zero-order chi connectivity index (χ0) is 21.9. The molecule has 0 radical (unpaired) electrons. The lowest BCUT2D eigenvalue weighted by Gasteiger charge is -2.33. The van der Waals surface area contributed by atoms with Crippen molar-refractivity contribution in [2.24, 2.45) is 5.92 Å². The number of H-pyrrole nitrogens is 2. The standard InChI is InChI=1S/C27H26ClN3O/c28-23-18-22(27(32)25-21(23)9-6-14-30-25)26(24-10-4-5-13-29-24)31-15-11-20(12-16-31)17-19-7-2-1-3-8-19/h1-10,13-14,18,20,26,32H,11-12,15-17H2/p+3. The predicted molar refractivity (Wildman–Crippen MR) is 126 cm³/mol. The number of hydrogen-bond acceptors (Lipinski definition) is 1. The fourth-order valence-electron chi connectivity index (χ4n) is 5.16. The van der Waals surface area contributed by atoms with Gasteiger partial charge in [-0.1, -0.05) is 41.9 Å². The number of phenolic OH excluding ortho intramolecular Hbond substituents is 1. The van der Waals surface area contributed by atoms with Crippen LogP contribution in [0, 0.1) is 5.92 Å². The monoisotopic (exact) mass is 446 g/mol. The minimum Gasteiger partial charge on any atom is -0.502 e. The smallest absolute Gasteiger partial charge is 0.255 e. The summed E-state index contributed by atoms with van der Waals surface area (Å²) in [5.41, 5.74) is 4.06. The summed E-state index contributed by atoms with van der Waals surface area (Å²) in [6.07, 6.45) is 7.26. The molecule has 0 bridgehead atoms. The van der Waals surface area contributed by atoms with Gasteiger partial charge in [0.25, 0.3) is 5.52 Å². The van der Waals surface area contributed by atoms with E-state index in [2.05, 4.69) is 46.4 Å². The van der Waals surface area contributed by atoms with E-state index in [1.165, 1.54) is 23.3 Å². The van der Waals surface area contributed by atoms with Gasteiger partial charge in [-0.25, -0.2) is 9.97 Å². The first kappa shape index (κ1) is 20.9. The Morgan fingerprint density at radius 3 is 2.44 bits per heavy atom. The highest BCUT2D eigenvalue weighted by Gasteiger charge is 2.37. The van der Waals surface area contributed by atoms with Gasteiger partial charge in [0, 0.05) is 18.2 Å². The summed E-state index contributed by atoms with van der Waals surface area (Å²) in [7, 11) is 0. The first-order chi connectivity index (χ1) is 15.7. The minimum atomic E-state index is -0.00983. The van der Waals surface area contributed by atoms with Crippen molar-refractivity contribution >= 4 is 22.5 Å². The molecule has 0 spiro atoms. The van der Waals surface area contributed by atoms with E-state index < -0.39 is 0 Å². The molecular weight excluding hydrogens is 418 g/mol. The molecule has 1 saturated heterocycles. The number of benzene rings is 2. The number of pyridine rings is 2. The number of aromatic amines is 2. The van der Waals surface area contributed by atoms with Gasteiger partial charge >= 0.3 is 0 Å². The minimum absolute atomic E-state index is 0.00983. The summed E-state index contributed by atoms with van der Waals surface area (Å²) < 4.78 is 0. The van der Waals surface area contributed by atoms with Gasteiger partial charge in [-0.3, -0.25) is 0 Å². The highest BCUT2D eigenvalue weighted by Crippen LogP contribution is 2.36. The van der Waals surface area contributed by atoms with E-state index in [0.29, 0.717) is 16.5 Å². The highest BCUT2D eigenvalue weighted by molar-refractivity contribution is 6.35. The number of rotatable bonds is 5. The Morgan fingerprint density at radius 2 is 1.69 bits per heavy atom. The van der Waals surface area contributed by atoms with E-state index in [4.69, 9.17) is 11.6 Å². The van der Waals surface area contributed by atoms with Crippen molar-refractivity contribution in [3.05, 3.63) is 101 Å². The molecule has 3 heterocycles. The Hall–Kier alpha value is -2.95. The van der Waals surface area contributed by atoms with Crippen molar-refractivity contribution in [3.8, 4) is 5.75 Å². The molecule has 2 aromatic carbocycles. The summed E-state index contributed by atoms with van der Waals surface area (Å²) in [5, 5.41) is 12.8. The number of aromatic nitrogens is 2. The van der Waals surface area contributed by atoms with Crippen LogP contribution in [0.3, 0.4) is 0 Å². The van der Waals surface area contributed by atoms with Gasteiger partial charge in [-0.05, 0) is 48.9 Å². The molecule has 1 unspecified atom stereocenters. The molecular formula is C27H29ClN3O+3. The fourth-order valence-corrected chi connectivity index (χ4v) is 5.44. The van der Waals surface area contributed by atoms with Gasteiger partial charge in [0.2, 0.25) is 11.7 Å². The van der Waals surface area contributed by atoms with E-state index in [9.17, 15) is 5.11 Å². The van der Waals surface area contributed by atoms with Crippen molar-refractivity contribution < 1.29 is 20.0 Å². The second kappa shape index (κ2) is 9.27. The molecule has 2 aromatic heterocycles. The van der Waals surface area contributed by atoms with Crippen LogP contribution in [0.1, 0.15) is 35.7 Å². The summed E-state index contributed by atoms with van der Waals surface area (Å²) in [6.45, 7) is 2.11. The zero-order valence-electron chi connectivity index (χ0n) is 18.0. The van der Waals surface area contributed by atoms with Crippen LogP contribution in [-0.2, 0) is 6.42 Å². The van der Waals surface area contributed by atoms with Crippen molar-refractivity contribution in [1.82, 2.24) is 0 Å². The van der Waals surface area contributed by atoms with Gasteiger partial charge in [-0.2, -0.15) is 0 Å². The van der Waals surface area contributed by atoms with Crippen LogP contribution in [-0.4, -0.2) is 18.2 Å². The number of quaternary nitrogens is 1. The Balaban J connectivity index is 1.46. The number of halogens is 1. The van der Waals surface area contributed by atoms with Crippen LogP contribution in [0.25, 0.3) is 10.9 Å². The summed E-state index contributed by atoms with van der Waals surface area (Å²) in [4.78, 5) is 8.07. The quantitative estimate of drug-likeness (QED) is 0.484. The van der Waals surface area contributed by atoms with Gasteiger partial charge in [0.05, 0.1) is 29.1 Å². The van der Waals surface area contributed by atoms with Gasteiger partial charge in [-0.15, -0.1) is 0 Å². The summed E-state index contributed by atoms with van der Waals surface area (Å²) in [6, 6.07) is 22.7. The number of likely N-dealkylation sites (tertiary alicyclic amines) is 1. The first-order valence-electron chi connectivity index (χ1n) is 11.4. The maximum absolute atomic E-state index is 11.3. The molecule has 4 aromatic rings. The average molecular weight is 447 g/mol. The number of piperidine rings is 1. The molecule has 5 rings (SSSR count). The Labute approximate surface area is 193 Å². The maximum Gasteiger partial charge on any atom is 0.255 e. The van der Waals surface area contributed by atoms with Crippen molar-refractivity contribution in [3.63, 3.8) is 0 Å². The Bertz CT molecular complexity index is 1190. The first-order valence-corrected chi connectivity index (χ1v) is 11.8. The molecule has 4 nitrogen and oxygen atoms in total. The van der Waals surface area contributed by atoms with Crippen molar-refractivity contribution in [1.29, 1.82) is 0 Å². The Kier molecular flexibility index (Phi) is 6.06. The molecule has 0 aliphatic carbocycles. The van der Waals surface area contributed by atoms with Gasteiger partial charge in [0.1, 0.15) is 0 Å². The molecule has 4 N–H and O–H groups in total. The van der Waals surface area contributed by atoms with E-state index >= 15 is 0 Å². The molecule has 32 heavy (non-hydrogen) atoms. The number of hydrogen-bond donors (Lipinski definition) is 2. The topological polar surface area (TPSA) is 53.0 Å². The Morgan fingerprint density at radius 1 is 0.938 bits per heavy atom. The third-order valence-electron chi connectivity index (χ3n) is 6.78. The molecule has 0 saturated carbocycles. The van der Waals surface area contributed by atoms with Crippen LogP contribution in [0.4, 0.5) is 0 Å². The number of phenols is 1. The molecule has 0 amide bonds. The third kappa shape index (κ3) is 4.21. The molecule has 5 heteroatoms. The van der Waals surface area contributed by atoms with Crippen molar-refractivity contribution in [2.75, 3.05) is 13.1 Å². The fraction of sp³-hybridized carbons (Fsp3) is 0.259. The van der Waals surface area contributed by atoms with Crippen LogP contribution in [0.5, 0.6) is 5.75 Å². The van der Waals surface area contributed by atoms with E-state index in [1.807, 2.05) is 42.7 Å². The third-order valence-corrected chi connectivity index (χ3v) is 7.10. The van der Waals surface area contributed by atoms with E-state index in [1.54, 1.807) is 0 Å². The zero-order valence-corrected chi connectivity index (χ0v) is 18.8. The lowest BCUT2D eigenvalue weighted by Crippen LogP contribution is -3.13. The SMILES string of the molecule is Oc1c(C(c2cccc[nH+]2)[NH+]2CCC(Cc3ccccc3)CC2)cc(Cl)c2ccc[nH+]c12. The van der Waals surface area contributed by atoms with Crippen LogP contribution >= 0.6 is 11.6 Å². The maximum atomic E-state index is 11.3. The van der Waals surface area contributed by atoms with E-state index in [0.717, 1.165) is 36.2 Å². The molecule has 162 valence electrons. The number of aromatic hydroxyl groups is 1. The number of fused-ring (bicyclic) bond motifs is 1. The summed E-state index contributed by atoms with van der Waals surface area (Å²) >= 11 is 6.67. The van der Waals surface area contributed by atoms with Crippen LogP contribution in [0.2, 0.25) is 5.02 Å². The average Bonchev–Trinajstić information content (AvgIpc) is 2.85. The molecule has 1 fully saturated rings. The largest absolute Gasteiger partial charge is 0.502 e. The van der Waals surface area contributed by atoms with Gasteiger partial charge < -0.3 is 10.0 Å². The second-order valence-corrected chi connectivity index (χ2v) is 9.20. The molecule has 1 aliphatic heterocycles. The predicted octanol–water partition coefficient (Wildman–Crippen LogP) is 3.45. The highest BCUT2D eigenvalue weighted by atomic mass is 35.5. The van der Waals surface area contributed by atoms with Crippen LogP contribution in [0.15, 0.2) is 79.1 Å². The second-order valence-electron chi connectivity index (χ2n) is 8.80. The van der Waals surface area contributed by atoms with E-state index in [-0.39, 0.29) is 11.8 Å².